The summed E-state index contributed by atoms with van der Waals surface area (Å²) in [6.07, 6.45) is 0. The molecule has 0 amide bonds. The van der Waals surface area contributed by atoms with Crippen LogP contribution in [0.4, 0.5) is 17.1 Å². The van der Waals surface area contributed by atoms with Crippen LogP contribution >= 0.6 is 0 Å². The second-order valence-corrected chi connectivity index (χ2v) is 12.0. The highest BCUT2D eigenvalue weighted by Crippen LogP contribution is 2.57. The summed E-state index contributed by atoms with van der Waals surface area (Å²) in [5, 5.41) is 10.3. The van der Waals surface area contributed by atoms with Crippen molar-refractivity contribution < 1.29 is 5.11 Å². The second-order valence-electron chi connectivity index (χ2n) is 12.0. The van der Waals surface area contributed by atoms with Gasteiger partial charge in [0.2, 0.25) is 0 Å². The highest BCUT2D eigenvalue weighted by Gasteiger charge is 2.46. The first-order chi connectivity index (χ1) is 22.6. The van der Waals surface area contributed by atoms with Gasteiger partial charge in [0.1, 0.15) is 5.75 Å². The molecule has 1 aliphatic rings. The maximum atomic E-state index is 10.3. The number of hydrogen-bond donors (Lipinski definition) is 1. The van der Waals surface area contributed by atoms with E-state index >= 15 is 0 Å². The molecule has 0 bridgehead atoms. The van der Waals surface area contributed by atoms with E-state index in [-0.39, 0.29) is 5.75 Å². The molecule has 7 aromatic rings. The van der Waals surface area contributed by atoms with Gasteiger partial charge < -0.3 is 10.0 Å². The minimum atomic E-state index is -0.567. The molecule has 1 atom stereocenters. The van der Waals surface area contributed by atoms with Gasteiger partial charge in [0.05, 0.1) is 5.41 Å². The predicted octanol–water partition coefficient (Wildman–Crippen LogP) is 11.2. The molecule has 0 radical (unpaired) electrons. The van der Waals surface area contributed by atoms with E-state index in [4.69, 9.17) is 0 Å². The number of hydrogen-bond acceptors (Lipinski definition) is 2. The first kappa shape index (κ1) is 27.7. The number of aromatic hydroxyl groups is 1. The Morgan fingerprint density at radius 2 is 0.957 bits per heavy atom. The van der Waals surface area contributed by atoms with Crippen molar-refractivity contribution in [2.24, 2.45) is 0 Å². The van der Waals surface area contributed by atoms with Crippen molar-refractivity contribution in [2.45, 2.75) is 12.3 Å². The van der Waals surface area contributed by atoms with Crippen LogP contribution in [0.5, 0.6) is 5.75 Å². The van der Waals surface area contributed by atoms with Gasteiger partial charge in [-0.1, -0.05) is 133 Å². The molecule has 1 aliphatic carbocycles. The third kappa shape index (κ3) is 4.50. The fourth-order valence-corrected chi connectivity index (χ4v) is 7.17. The number of nitrogens with zero attached hydrogens (tertiary/aromatic N) is 1. The van der Waals surface area contributed by atoms with Crippen molar-refractivity contribution >= 4 is 17.1 Å². The molecule has 0 aliphatic heterocycles. The summed E-state index contributed by atoms with van der Waals surface area (Å²) in [4.78, 5) is 2.34. The topological polar surface area (TPSA) is 23.5 Å². The molecular formula is C44H33NO. The summed E-state index contributed by atoms with van der Waals surface area (Å²) in [5.41, 5.74) is 13.6. The molecule has 1 N–H and O–H groups in total. The number of fused-ring (bicyclic) bond motifs is 3. The molecule has 0 aromatic heterocycles. The van der Waals surface area contributed by atoms with E-state index in [0.29, 0.717) is 0 Å². The lowest BCUT2D eigenvalue weighted by Crippen LogP contribution is -2.28. The van der Waals surface area contributed by atoms with Gasteiger partial charge in [-0.25, -0.2) is 0 Å². The summed E-state index contributed by atoms with van der Waals surface area (Å²) < 4.78 is 0. The molecule has 2 nitrogen and oxygen atoms in total. The first-order valence-electron chi connectivity index (χ1n) is 15.7. The molecule has 220 valence electrons. The Morgan fingerprint density at radius 3 is 1.65 bits per heavy atom. The van der Waals surface area contributed by atoms with Gasteiger partial charge in [-0.15, -0.1) is 0 Å². The van der Waals surface area contributed by atoms with Crippen LogP contribution in [0.15, 0.2) is 176 Å². The quantitative estimate of drug-likeness (QED) is 0.208. The minimum Gasteiger partial charge on any atom is -0.508 e. The van der Waals surface area contributed by atoms with Gasteiger partial charge >= 0.3 is 0 Å². The molecule has 0 saturated carbocycles. The van der Waals surface area contributed by atoms with Gasteiger partial charge in [0, 0.05) is 17.1 Å². The molecular weight excluding hydrogens is 558 g/mol. The standard InChI is InChI=1S/C44H33NO/c1-31-16-20-34(21-17-31)44(35-22-27-39(46)28-23-35)42-15-9-8-14-40(42)41-29-26-38(30-43(41)44)45(36-12-6-3-7-13-36)37-24-18-33(19-25-37)32-10-4-2-5-11-32/h2-30,46H,1H3. The van der Waals surface area contributed by atoms with Crippen molar-refractivity contribution in [2.75, 3.05) is 4.90 Å². The summed E-state index contributed by atoms with van der Waals surface area (Å²) in [6, 6.07) is 62.3. The highest BCUT2D eigenvalue weighted by molar-refractivity contribution is 5.89. The van der Waals surface area contributed by atoms with Gasteiger partial charge in [-0.2, -0.15) is 0 Å². The maximum absolute atomic E-state index is 10.3. The van der Waals surface area contributed by atoms with E-state index < -0.39 is 5.41 Å². The van der Waals surface area contributed by atoms with Gasteiger partial charge in [0.15, 0.2) is 0 Å². The van der Waals surface area contributed by atoms with Crippen LogP contribution in [0.2, 0.25) is 0 Å². The lowest BCUT2D eigenvalue weighted by Gasteiger charge is -2.35. The van der Waals surface area contributed by atoms with Crippen molar-refractivity contribution in [3.63, 3.8) is 0 Å². The SMILES string of the molecule is Cc1ccc(C2(c3ccc(O)cc3)c3ccccc3-c3ccc(N(c4ccccc4)c4ccc(-c5ccccc5)cc4)cc32)cc1. The lowest BCUT2D eigenvalue weighted by molar-refractivity contribution is 0.475. The molecule has 0 saturated heterocycles. The van der Waals surface area contributed by atoms with Gasteiger partial charge in [0.25, 0.3) is 0 Å². The van der Waals surface area contributed by atoms with E-state index in [1.165, 1.54) is 44.5 Å². The average Bonchev–Trinajstić information content (AvgIpc) is 3.41. The monoisotopic (exact) mass is 591 g/mol. The highest BCUT2D eigenvalue weighted by atomic mass is 16.3. The molecule has 7 aromatic carbocycles. The normalized spacial score (nSPS) is 14.8. The molecule has 1 unspecified atom stereocenters. The lowest BCUT2D eigenvalue weighted by atomic mass is 9.67. The van der Waals surface area contributed by atoms with E-state index in [2.05, 4.69) is 176 Å². The number of benzene rings is 7. The number of phenolic OH excluding ortho intramolecular Hbond substituents is 1. The number of anilines is 3. The molecule has 46 heavy (non-hydrogen) atoms. The summed E-state index contributed by atoms with van der Waals surface area (Å²) in [5.74, 6) is 0.261. The largest absolute Gasteiger partial charge is 0.508 e. The predicted molar refractivity (Wildman–Crippen MR) is 190 cm³/mol. The van der Waals surface area contributed by atoms with Crippen LogP contribution < -0.4 is 4.90 Å². The molecule has 0 fully saturated rings. The minimum absolute atomic E-state index is 0.261. The zero-order valence-electron chi connectivity index (χ0n) is 25.6. The smallest absolute Gasteiger partial charge is 0.115 e. The van der Waals surface area contributed by atoms with E-state index in [9.17, 15) is 5.11 Å². The Labute approximate surface area is 270 Å². The Hall–Kier alpha value is -5.86. The van der Waals surface area contributed by atoms with Crippen LogP contribution in [0, 0.1) is 6.92 Å². The van der Waals surface area contributed by atoms with Crippen molar-refractivity contribution in [3.8, 4) is 28.0 Å². The maximum Gasteiger partial charge on any atom is 0.115 e. The average molecular weight is 592 g/mol. The van der Waals surface area contributed by atoms with E-state index in [1.54, 1.807) is 12.1 Å². The third-order valence-electron chi connectivity index (χ3n) is 9.32. The molecule has 2 heteroatoms. The number of phenols is 1. The molecule has 0 spiro atoms. The van der Waals surface area contributed by atoms with Crippen LogP contribution in [0.3, 0.4) is 0 Å². The molecule has 8 rings (SSSR count). The summed E-state index contributed by atoms with van der Waals surface area (Å²) in [7, 11) is 0. The zero-order valence-corrected chi connectivity index (χ0v) is 25.6. The Bertz CT molecular complexity index is 2090. The fourth-order valence-electron chi connectivity index (χ4n) is 7.17. The van der Waals surface area contributed by atoms with Crippen LogP contribution in [-0.2, 0) is 5.41 Å². The molecule has 0 heterocycles. The van der Waals surface area contributed by atoms with Crippen LogP contribution in [0.25, 0.3) is 22.3 Å². The first-order valence-corrected chi connectivity index (χ1v) is 15.7. The number of rotatable bonds is 6. The second kappa shape index (κ2) is 11.3. The van der Waals surface area contributed by atoms with E-state index in [1.807, 2.05) is 0 Å². The van der Waals surface area contributed by atoms with Crippen LogP contribution in [0.1, 0.15) is 27.8 Å². The Balaban J connectivity index is 1.37. The van der Waals surface area contributed by atoms with Crippen molar-refractivity contribution in [3.05, 3.63) is 204 Å². The van der Waals surface area contributed by atoms with E-state index in [0.717, 1.165) is 22.6 Å². The fraction of sp³-hybridized carbons (Fsp3) is 0.0455. The summed E-state index contributed by atoms with van der Waals surface area (Å²) >= 11 is 0. The number of para-hydroxylation sites is 1. The summed E-state index contributed by atoms with van der Waals surface area (Å²) in [6.45, 7) is 2.13. The number of aryl methyl sites for hydroxylation is 1. The van der Waals surface area contributed by atoms with Crippen molar-refractivity contribution in [1.29, 1.82) is 0 Å². The van der Waals surface area contributed by atoms with Crippen molar-refractivity contribution in [1.82, 2.24) is 0 Å². The zero-order chi connectivity index (χ0) is 31.1. The van der Waals surface area contributed by atoms with Gasteiger partial charge in [-0.05, 0) is 100.0 Å². The van der Waals surface area contributed by atoms with Gasteiger partial charge in [-0.3, -0.25) is 0 Å². The Morgan fingerprint density at radius 1 is 0.435 bits per heavy atom. The third-order valence-corrected chi connectivity index (χ3v) is 9.32. The Kier molecular flexibility index (Phi) is 6.77. The van der Waals surface area contributed by atoms with Crippen LogP contribution in [-0.4, -0.2) is 5.11 Å².